The first-order valence-corrected chi connectivity index (χ1v) is 12.5. The normalized spacial score (nSPS) is 11.9. The summed E-state index contributed by atoms with van der Waals surface area (Å²) in [5.74, 6) is -0.345. The molecule has 0 aliphatic rings. The van der Waals surface area contributed by atoms with Gasteiger partial charge in [0.2, 0.25) is 10.0 Å². The lowest BCUT2D eigenvalue weighted by atomic mass is 10.0. The highest BCUT2D eigenvalue weighted by molar-refractivity contribution is 7.92. The summed E-state index contributed by atoms with van der Waals surface area (Å²) in [7, 11) is -3.35. The van der Waals surface area contributed by atoms with Gasteiger partial charge in [-0.15, -0.1) is 0 Å². The van der Waals surface area contributed by atoms with E-state index in [1.807, 2.05) is 55.5 Å². The van der Waals surface area contributed by atoms with Crippen LogP contribution in [0, 0.1) is 6.92 Å². The number of pyridine rings is 1. The number of hydrazone groups is 1. The summed E-state index contributed by atoms with van der Waals surface area (Å²) in [5.41, 5.74) is 8.38. The van der Waals surface area contributed by atoms with Crippen LogP contribution in [0.4, 0.5) is 5.69 Å². The van der Waals surface area contributed by atoms with E-state index in [9.17, 15) is 13.2 Å². The standard InChI is InChI=1S/C26H24N4O3S/c1-17-7-6-8-20(15-17)25-16-23(22-9-4-5-10-24(22)27-25)26(31)29-28-18(2)19-11-13-21(14-12-19)30-34(3,32)33/h4-16,30H,1-3H3,(H,29,31). The quantitative estimate of drug-likeness (QED) is 0.313. The van der Waals surface area contributed by atoms with Gasteiger partial charge in [-0.2, -0.15) is 5.10 Å². The third-order valence-electron chi connectivity index (χ3n) is 5.21. The Hall–Kier alpha value is -4.04. The number of carbonyl (C=O) groups is 1. The number of nitrogens with zero attached hydrogens (tertiary/aromatic N) is 2. The van der Waals surface area contributed by atoms with Crippen molar-refractivity contribution in [3.8, 4) is 11.3 Å². The summed E-state index contributed by atoms with van der Waals surface area (Å²) in [6, 6.07) is 24.0. The molecule has 3 aromatic carbocycles. The number of benzene rings is 3. The first-order chi connectivity index (χ1) is 16.2. The summed E-state index contributed by atoms with van der Waals surface area (Å²) in [4.78, 5) is 17.9. The summed E-state index contributed by atoms with van der Waals surface area (Å²) in [5, 5.41) is 4.99. The molecule has 1 aromatic heterocycles. The minimum absolute atomic E-state index is 0.345. The Labute approximate surface area is 198 Å². The van der Waals surface area contributed by atoms with Crippen LogP contribution in [0.15, 0.2) is 84.0 Å². The first-order valence-electron chi connectivity index (χ1n) is 10.6. The molecule has 0 aliphatic carbocycles. The number of rotatable bonds is 6. The molecule has 0 aliphatic heterocycles. The van der Waals surface area contributed by atoms with E-state index in [1.165, 1.54) is 0 Å². The number of nitrogens with one attached hydrogen (secondary N) is 2. The van der Waals surface area contributed by atoms with E-state index in [1.54, 1.807) is 37.3 Å². The molecule has 7 nitrogen and oxygen atoms in total. The van der Waals surface area contributed by atoms with Crippen LogP contribution >= 0.6 is 0 Å². The average molecular weight is 473 g/mol. The van der Waals surface area contributed by atoms with Crippen molar-refractivity contribution >= 4 is 38.2 Å². The van der Waals surface area contributed by atoms with Crippen LogP contribution < -0.4 is 10.1 Å². The van der Waals surface area contributed by atoms with Crippen LogP contribution in [0.1, 0.15) is 28.4 Å². The number of sulfonamides is 1. The Bertz CT molecular complexity index is 1510. The third kappa shape index (κ3) is 5.47. The highest BCUT2D eigenvalue weighted by Crippen LogP contribution is 2.25. The lowest BCUT2D eigenvalue weighted by molar-refractivity contribution is 0.0956. The molecular weight excluding hydrogens is 448 g/mol. The maximum Gasteiger partial charge on any atom is 0.272 e. The number of aromatic nitrogens is 1. The number of hydrogen-bond donors (Lipinski definition) is 2. The summed E-state index contributed by atoms with van der Waals surface area (Å²) < 4.78 is 25.2. The SMILES string of the molecule is CC(=NNC(=O)c1cc(-c2cccc(C)c2)nc2ccccc12)c1ccc(NS(C)(=O)=O)cc1. The molecule has 172 valence electrons. The zero-order chi connectivity index (χ0) is 24.3. The van der Waals surface area contributed by atoms with Gasteiger partial charge in [-0.3, -0.25) is 9.52 Å². The number of amides is 1. The second kappa shape index (κ2) is 9.44. The second-order valence-corrected chi connectivity index (χ2v) is 9.78. The van der Waals surface area contributed by atoms with Crippen molar-refractivity contribution in [2.24, 2.45) is 5.10 Å². The monoisotopic (exact) mass is 472 g/mol. The highest BCUT2D eigenvalue weighted by atomic mass is 32.2. The number of fused-ring (bicyclic) bond motifs is 1. The van der Waals surface area contributed by atoms with Crippen molar-refractivity contribution in [2.45, 2.75) is 13.8 Å². The van der Waals surface area contributed by atoms with Crippen molar-refractivity contribution in [1.29, 1.82) is 0 Å². The fourth-order valence-corrected chi connectivity index (χ4v) is 4.13. The van der Waals surface area contributed by atoms with E-state index < -0.39 is 10.0 Å². The van der Waals surface area contributed by atoms with Gasteiger partial charge in [0.15, 0.2) is 0 Å². The molecule has 4 rings (SSSR count). The minimum Gasteiger partial charge on any atom is -0.284 e. The Morgan fingerprint density at radius 1 is 0.941 bits per heavy atom. The van der Waals surface area contributed by atoms with Crippen LogP contribution in [0.2, 0.25) is 0 Å². The zero-order valence-electron chi connectivity index (χ0n) is 19.0. The maximum atomic E-state index is 13.1. The van der Waals surface area contributed by atoms with Gasteiger partial charge >= 0.3 is 0 Å². The van der Waals surface area contributed by atoms with E-state index in [4.69, 9.17) is 4.98 Å². The van der Waals surface area contributed by atoms with Crippen LogP contribution in [0.25, 0.3) is 22.2 Å². The Kier molecular flexibility index (Phi) is 6.43. The number of aryl methyl sites for hydroxylation is 1. The van der Waals surface area contributed by atoms with Crippen LogP contribution in [-0.2, 0) is 10.0 Å². The van der Waals surface area contributed by atoms with Crippen molar-refractivity contribution in [3.63, 3.8) is 0 Å². The number of para-hydroxylation sites is 1. The predicted octanol–water partition coefficient (Wildman–Crippen LogP) is 4.74. The van der Waals surface area contributed by atoms with E-state index >= 15 is 0 Å². The molecular formula is C26H24N4O3S. The maximum absolute atomic E-state index is 13.1. The lowest BCUT2D eigenvalue weighted by Crippen LogP contribution is -2.20. The molecule has 1 amide bonds. The summed E-state index contributed by atoms with van der Waals surface area (Å²) in [6.45, 7) is 3.78. The van der Waals surface area contributed by atoms with Gasteiger partial charge in [-0.25, -0.2) is 18.8 Å². The van der Waals surface area contributed by atoms with Crippen molar-refractivity contribution in [2.75, 3.05) is 11.0 Å². The fourth-order valence-electron chi connectivity index (χ4n) is 3.57. The predicted molar refractivity (Wildman–Crippen MR) is 137 cm³/mol. The average Bonchev–Trinajstić information content (AvgIpc) is 2.81. The molecule has 4 aromatic rings. The van der Waals surface area contributed by atoms with Crippen LogP contribution in [0.3, 0.4) is 0 Å². The molecule has 0 fully saturated rings. The van der Waals surface area contributed by atoms with Crippen LogP contribution in [0.5, 0.6) is 0 Å². The van der Waals surface area contributed by atoms with Crippen LogP contribution in [-0.4, -0.2) is 31.3 Å². The van der Waals surface area contributed by atoms with E-state index in [0.717, 1.165) is 33.8 Å². The van der Waals surface area contributed by atoms with Crippen molar-refractivity contribution in [1.82, 2.24) is 10.4 Å². The van der Waals surface area contributed by atoms with E-state index in [0.29, 0.717) is 22.7 Å². The molecule has 0 atom stereocenters. The molecule has 2 N–H and O–H groups in total. The number of carbonyl (C=O) groups excluding carboxylic acids is 1. The smallest absolute Gasteiger partial charge is 0.272 e. The van der Waals surface area contributed by atoms with E-state index in [2.05, 4.69) is 15.2 Å². The van der Waals surface area contributed by atoms with Gasteiger partial charge in [-0.1, -0.05) is 54.1 Å². The summed E-state index contributed by atoms with van der Waals surface area (Å²) in [6.07, 6.45) is 1.09. The van der Waals surface area contributed by atoms with Gasteiger partial charge in [0.1, 0.15) is 0 Å². The van der Waals surface area contributed by atoms with Crippen molar-refractivity contribution in [3.05, 3.63) is 95.6 Å². The van der Waals surface area contributed by atoms with Gasteiger partial charge in [0.25, 0.3) is 5.91 Å². The Morgan fingerprint density at radius 2 is 1.68 bits per heavy atom. The Morgan fingerprint density at radius 3 is 2.38 bits per heavy atom. The first kappa shape index (κ1) is 23.1. The molecule has 0 saturated carbocycles. The molecule has 0 bridgehead atoms. The summed E-state index contributed by atoms with van der Waals surface area (Å²) >= 11 is 0. The molecule has 0 saturated heterocycles. The van der Waals surface area contributed by atoms with Gasteiger partial charge in [0, 0.05) is 16.6 Å². The van der Waals surface area contributed by atoms with Gasteiger partial charge < -0.3 is 0 Å². The zero-order valence-corrected chi connectivity index (χ0v) is 19.8. The largest absolute Gasteiger partial charge is 0.284 e. The molecule has 34 heavy (non-hydrogen) atoms. The van der Waals surface area contributed by atoms with Gasteiger partial charge in [-0.05, 0) is 49.7 Å². The molecule has 0 unspecified atom stereocenters. The lowest BCUT2D eigenvalue weighted by Gasteiger charge is -2.10. The molecule has 0 radical (unpaired) electrons. The fraction of sp³-hybridized carbons (Fsp3) is 0.115. The van der Waals surface area contributed by atoms with Gasteiger partial charge in [0.05, 0.1) is 28.7 Å². The number of anilines is 1. The molecule has 0 spiro atoms. The number of hydrogen-bond acceptors (Lipinski definition) is 5. The third-order valence-corrected chi connectivity index (χ3v) is 5.81. The molecule has 1 heterocycles. The highest BCUT2D eigenvalue weighted by Gasteiger charge is 2.14. The minimum atomic E-state index is -3.35. The topological polar surface area (TPSA) is 101 Å². The Balaban J connectivity index is 1.62. The second-order valence-electron chi connectivity index (χ2n) is 8.03. The molecule has 8 heteroatoms. The van der Waals surface area contributed by atoms with Crippen molar-refractivity contribution < 1.29 is 13.2 Å². The van der Waals surface area contributed by atoms with E-state index in [-0.39, 0.29) is 5.91 Å².